The molecular formula is C29H30N8O3S2. The van der Waals surface area contributed by atoms with Gasteiger partial charge in [-0.3, -0.25) is 14.6 Å². The molecule has 0 bridgehead atoms. The molecule has 11 nitrogen and oxygen atoms in total. The Morgan fingerprint density at radius 3 is 2.62 bits per heavy atom. The summed E-state index contributed by atoms with van der Waals surface area (Å²) in [6.45, 7) is 3.08. The number of nitrogens with zero attached hydrogens (tertiary/aromatic N) is 5. The largest absolute Gasteiger partial charge is 0.382 e. The number of amides is 2. The Bertz CT molecular complexity index is 1500. The minimum Gasteiger partial charge on any atom is -0.382 e. The Balaban J connectivity index is 1.16. The maximum atomic E-state index is 13.2. The third-order valence-corrected chi connectivity index (χ3v) is 8.61. The van der Waals surface area contributed by atoms with Gasteiger partial charge in [-0.2, -0.15) is 0 Å². The number of nitrogens with one attached hydrogen (secondary N) is 2. The van der Waals surface area contributed by atoms with E-state index in [1.807, 2.05) is 48.5 Å². The van der Waals surface area contributed by atoms with E-state index in [4.69, 9.17) is 10.5 Å². The predicted octanol–water partition coefficient (Wildman–Crippen LogP) is 4.05. The molecule has 4 heterocycles. The summed E-state index contributed by atoms with van der Waals surface area (Å²) in [4.78, 5) is 44.8. The topological polar surface area (TPSA) is 148 Å². The number of carbonyl (C=O) groups is 2. The number of hydrogen-bond acceptors (Lipinski definition) is 11. The third-order valence-electron chi connectivity index (χ3n) is 6.35. The second kappa shape index (κ2) is 14.6. The van der Waals surface area contributed by atoms with Gasteiger partial charge in [-0.25, -0.2) is 15.0 Å². The highest BCUT2D eigenvalue weighted by molar-refractivity contribution is 8.76. The molecule has 4 aromatic rings. The zero-order chi connectivity index (χ0) is 29.1. The number of nitrogen functional groups attached to an aromatic ring is 1. The van der Waals surface area contributed by atoms with Crippen LogP contribution in [-0.2, 0) is 16.1 Å². The number of morpholine rings is 1. The molecule has 216 valence electrons. The molecule has 1 aliphatic heterocycles. The van der Waals surface area contributed by atoms with Crippen molar-refractivity contribution in [3.63, 3.8) is 0 Å². The number of carbonyl (C=O) groups excluding carboxylic acids is 2. The summed E-state index contributed by atoms with van der Waals surface area (Å²) in [6, 6.07) is 15.2. The Kier molecular flexibility index (Phi) is 10.2. The molecule has 0 unspecified atom stereocenters. The van der Waals surface area contributed by atoms with Gasteiger partial charge in [0.2, 0.25) is 5.91 Å². The van der Waals surface area contributed by atoms with Gasteiger partial charge >= 0.3 is 0 Å². The van der Waals surface area contributed by atoms with Crippen molar-refractivity contribution in [2.45, 2.75) is 18.0 Å². The first kappa shape index (κ1) is 29.3. The van der Waals surface area contributed by atoms with Crippen LogP contribution in [-0.4, -0.2) is 63.8 Å². The Labute approximate surface area is 251 Å². The first-order chi connectivity index (χ1) is 20.6. The molecule has 1 aliphatic rings. The number of benzene rings is 1. The second-order valence-corrected chi connectivity index (χ2v) is 11.7. The van der Waals surface area contributed by atoms with Crippen molar-refractivity contribution in [1.82, 2.24) is 25.3 Å². The quantitative estimate of drug-likeness (QED) is 0.169. The lowest BCUT2D eigenvalue weighted by atomic mass is 10.1. The molecule has 42 heavy (non-hydrogen) atoms. The molecule has 1 aromatic carbocycles. The average Bonchev–Trinajstić information content (AvgIpc) is 3.04. The van der Waals surface area contributed by atoms with Gasteiger partial charge in [0, 0.05) is 49.8 Å². The van der Waals surface area contributed by atoms with Crippen molar-refractivity contribution < 1.29 is 14.3 Å². The van der Waals surface area contributed by atoms with Crippen LogP contribution in [0.1, 0.15) is 22.5 Å². The van der Waals surface area contributed by atoms with Crippen molar-refractivity contribution in [1.29, 1.82) is 0 Å². The maximum absolute atomic E-state index is 13.2. The fourth-order valence-corrected chi connectivity index (χ4v) is 6.03. The van der Waals surface area contributed by atoms with Crippen molar-refractivity contribution in [2.24, 2.45) is 0 Å². The Morgan fingerprint density at radius 2 is 1.83 bits per heavy atom. The maximum Gasteiger partial charge on any atom is 0.278 e. The van der Waals surface area contributed by atoms with Crippen molar-refractivity contribution in [2.75, 3.05) is 48.0 Å². The molecule has 0 saturated carbocycles. The van der Waals surface area contributed by atoms with Gasteiger partial charge in [-0.1, -0.05) is 41.1 Å². The molecule has 0 radical (unpaired) electrons. The molecule has 0 atom stereocenters. The summed E-state index contributed by atoms with van der Waals surface area (Å²) in [7, 11) is 3.16. The lowest BCUT2D eigenvalue weighted by molar-refractivity contribution is -0.120. The number of nitrogens with two attached hydrogens (primary N) is 1. The van der Waals surface area contributed by atoms with Crippen LogP contribution in [0.25, 0.3) is 11.3 Å². The van der Waals surface area contributed by atoms with E-state index in [-0.39, 0.29) is 17.4 Å². The predicted molar refractivity (Wildman–Crippen MR) is 166 cm³/mol. The first-order valence-corrected chi connectivity index (χ1v) is 15.7. The lowest BCUT2D eigenvalue weighted by Gasteiger charge is -2.30. The first-order valence-electron chi connectivity index (χ1n) is 13.3. The van der Waals surface area contributed by atoms with Crippen LogP contribution in [0.2, 0.25) is 0 Å². The minimum atomic E-state index is -0.472. The smallest absolute Gasteiger partial charge is 0.278 e. The highest BCUT2D eigenvalue weighted by Gasteiger charge is 2.20. The van der Waals surface area contributed by atoms with Gasteiger partial charge < -0.3 is 26.0 Å². The van der Waals surface area contributed by atoms with E-state index in [9.17, 15) is 9.59 Å². The van der Waals surface area contributed by atoms with Crippen LogP contribution in [0.5, 0.6) is 0 Å². The molecule has 1 fully saturated rings. The number of ether oxygens (including phenoxy) is 1. The van der Waals surface area contributed by atoms with Gasteiger partial charge in [0.15, 0.2) is 11.5 Å². The van der Waals surface area contributed by atoms with Crippen LogP contribution in [0.4, 0.5) is 17.2 Å². The molecule has 3 aromatic heterocycles. The average molecular weight is 603 g/mol. The molecule has 1 saturated heterocycles. The summed E-state index contributed by atoms with van der Waals surface area (Å²) in [6.07, 6.45) is 7.00. The number of rotatable bonds is 11. The second-order valence-electron chi connectivity index (χ2n) is 9.23. The highest BCUT2D eigenvalue weighted by Crippen LogP contribution is 2.29. The number of aromatic nitrogens is 4. The Hall–Kier alpha value is -4.20. The molecular weight excluding hydrogens is 573 g/mol. The molecule has 5 rings (SSSR count). The molecule has 13 heteroatoms. The van der Waals surface area contributed by atoms with Crippen molar-refractivity contribution >= 4 is 50.6 Å². The molecule has 4 N–H and O–H groups in total. The standard InChI is InChI=1S/C29H30N8O3S2/c30-28-27(29(39)36-23-18-31-11-8-24(23)37-12-14-40-15-13-37)35-22(19-34-28)21-6-4-20(5-7-21)17-33-25(38)9-16-41-42-26-3-1-2-10-32-26/h1-8,10-11,18-19H,9,12-17H2,(H2,30,34)(H,33,38)(H,36,39). The number of anilines is 3. The number of hydrogen-bond donors (Lipinski definition) is 3. The van der Waals surface area contributed by atoms with Crippen LogP contribution in [0.3, 0.4) is 0 Å². The van der Waals surface area contributed by atoms with E-state index in [1.165, 1.54) is 6.20 Å². The van der Waals surface area contributed by atoms with E-state index in [0.29, 0.717) is 43.3 Å². The fraction of sp³-hybridized carbons (Fsp3) is 0.241. The molecule has 0 aliphatic carbocycles. The van der Waals surface area contributed by atoms with Crippen molar-refractivity contribution in [3.8, 4) is 11.3 Å². The zero-order valence-electron chi connectivity index (χ0n) is 22.7. The fourth-order valence-electron chi connectivity index (χ4n) is 4.16. The van der Waals surface area contributed by atoms with Crippen LogP contribution in [0, 0.1) is 0 Å². The molecule has 0 spiro atoms. The summed E-state index contributed by atoms with van der Waals surface area (Å²) in [5.41, 5.74) is 9.71. The van der Waals surface area contributed by atoms with Crippen molar-refractivity contribution in [3.05, 3.63) is 84.6 Å². The van der Waals surface area contributed by atoms with Crippen LogP contribution < -0.4 is 21.3 Å². The van der Waals surface area contributed by atoms with E-state index >= 15 is 0 Å². The Morgan fingerprint density at radius 1 is 1.00 bits per heavy atom. The van der Waals surface area contributed by atoms with Crippen LogP contribution >= 0.6 is 21.6 Å². The summed E-state index contributed by atoms with van der Waals surface area (Å²) >= 11 is 0. The SMILES string of the molecule is Nc1ncc(-c2ccc(CNC(=O)CCSSc3ccccn3)cc2)nc1C(=O)Nc1cnccc1N1CCOCC1. The monoisotopic (exact) mass is 602 g/mol. The lowest BCUT2D eigenvalue weighted by Crippen LogP contribution is -2.36. The van der Waals surface area contributed by atoms with Gasteiger partial charge in [0.1, 0.15) is 5.03 Å². The van der Waals surface area contributed by atoms with E-state index < -0.39 is 5.91 Å². The van der Waals surface area contributed by atoms with Gasteiger partial charge in [0.25, 0.3) is 5.91 Å². The van der Waals surface area contributed by atoms with E-state index in [1.54, 1.807) is 40.2 Å². The number of pyridine rings is 2. The van der Waals surface area contributed by atoms with E-state index in [2.05, 4.69) is 35.5 Å². The normalized spacial score (nSPS) is 13.0. The summed E-state index contributed by atoms with van der Waals surface area (Å²) in [5, 5.41) is 6.77. The zero-order valence-corrected chi connectivity index (χ0v) is 24.4. The third kappa shape index (κ3) is 7.96. The van der Waals surface area contributed by atoms with E-state index in [0.717, 1.165) is 34.9 Å². The van der Waals surface area contributed by atoms with Crippen LogP contribution in [0.15, 0.2) is 78.3 Å². The highest BCUT2D eigenvalue weighted by atomic mass is 33.1. The molecule has 2 amide bonds. The van der Waals surface area contributed by atoms with Gasteiger partial charge in [0.05, 0.1) is 42.7 Å². The summed E-state index contributed by atoms with van der Waals surface area (Å²) in [5.74, 6) is 0.232. The summed E-state index contributed by atoms with van der Waals surface area (Å²) < 4.78 is 5.44. The minimum absolute atomic E-state index is 0.0151. The van der Waals surface area contributed by atoms with Gasteiger partial charge in [-0.15, -0.1) is 0 Å². The van der Waals surface area contributed by atoms with Gasteiger partial charge in [-0.05, 0) is 34.6 Å².